The molecule has 0 bridgehead atoms. The summed E-state index contributed by atoms with van der Waals surface area (Å²) in [6.45, 7) is 0.00789. The van der Waals surface area contributed by atoms with Gasteiger partial charge >= 0.3 is 6.18 Å². The zero-order chi connectivity index (χ0) is 14.3. The Bertz CT molecular complexity index is 451. The molecule has 2 rings (SSSR count). The summed E-state index contributed by atoms with van der Waals surface area (Å²) in [7, 11) is 0. The van der Waals surface area contributed by atoms with Crippen LogP contribution < -0.4 is 5.73 Å². The Morgan fingerprint density at radius 1 is 1.05 bits per heavy atom. The molecule has 1 unspecified atom stereocenters. The molecule has 0 spiro atoms. The van der Waals surface area contributed by atoms with E-state index >= 15 is 0 Å². The van der Waals surface area contributed by atoms with Gasteiger partial charge in [-0.2, -0.15) is 13.2 Å². The first-order valence-corrected chi connectivity index (χ1v) is 5.94. The minimum absolute atomic E-state index is 0.00789. The van der Waals surface area contributed by atoms with Crippen molar-refractivity contribution in [3.63, 3.8) is 0 Å². The van der Waals surface area contributed by atoms with Gasteiger partial charge in [-0.25, -0.2) is 8.78 Å². The van der Waals surface area contributed by atoms with Crippen LogP contribution in [0, 0.1) is 0 Å². The van der Waals surface area contributed by atoms with Crippen molar-refractivity contribution in [1.29, 1.82) is 0 Å². The van der Waals surface area contributed by atoms with E-state index in [2.05, 4.69) is 0 Å². The molecule has 1 atom stereocenters. The molecule has 1 aliphatic carbocycles. The third-order valence-electron chi connectivity index (χ3n) is 3.78. The number of hydrogen-bond acceptors (Lipinski definition) is 1. The standard InChI is InChI=1S/C13H14F5N/c14-12(15)6-5-11(7-12,8-19)9-1-3-10(4-2-9)13(16,17)18/h1-4H,5-8,19H2. The van der Waals surface area contributed by atoms with Crippen LogP contribution in [-0.2, 0) is 11.6 Å². The maximum Gasteiger partial charge on any atom is 0.416 e. The van der Waals surface area contributed by atoms with E-state index in [4.69, 9.17) is 5.73 Å². The van der Waals surface area contributed by atoms with Gasteiger partial charge in [0.1, 0.15) is 0 Å². The lowest BCUT2D eigenvalue weighted by molar-refractivity contribution is -0.137. The van der Waals surface area contributed by atoms with Crippen molar-refractivity contribution in [2.75, 3.05) is 6.54 Å². The molecular weight excluding hydrogens is 265 g/mol. The highest BCUT2D eigenvalue weighted by Gasteiger charge is 2.49. The molecule has 106 valence electrons. The lowest BCUT2D eigenvalue weighted by Gasteiger charge is -2.28. The third kappa shape index (κ3) is 2.73. The molecule has 0 aromatic heterocycles. The fraction of sp³-hybridized carbons (Fsp3) is 0.538. The average molecular weight is 279 g/mol. The largest absolute Gasteiger partial charge is 0.416 e. The number of benzene rings is 1. The Morgan fingerprint density at radius 2 is 1.63 bits per heavy atom. The summed E-state index contributed by atoms with van der Waals surface area (Å²) in [5, 5.41) is 0. The molecule has 0 radical (unpaired) electrons. The van der Waals surface area contributed by atoms with Crippen molar-refractivity contribution in [3.8, 4) is 0 Å². The number of alkyl halides is 5. The van der Waals surface area contributed by atoms with Gasteiger partial charge in [-0.15, -0.1) is 0 Å². The molecule has 1 aromatic rings. The monoisotopic (exact) mass is 279 g/mol. The molecule has 0 heterocycles. The van der Waals surface area contributed by atoms with Crippen LogP contribution in [0.3, 0.4) is 0 Å². The van der Waals surface area contributed by atoms with Crippen molar-refractivity contribution in [2.45, 2.75) is 36.8 Å². The Labute approximate surface area is 107 Å². The maximum atomic E-state index is 13.3. The van der Waals surface area contributed by atoms with Gasteiger partial charge in [-0.05, 0) is 24.1 Å². The second kappa shape index (κ2) is 4.44. The SMILES string of the molecule is NCC1(c2ccc(C(F)(F)F)cc2)CCC(F)(F)C1. The van der Waals surface area contributed by atoms with Crippen LogP contribution in [0.5, 0.6) is 0 Å². The van der Waals surface area contributed by atoms with Crippen LogP contribution in [0.25, 0.3) is 0 Å². The van der Waals surface area contributed by atoms with Gasteiger partial charge in [-0.1, -0.05) is 12.1 Å². The van der Waals surface area contributed by atoms with Gasteiger partial charge in [0.05, 0.1) is 5.56 Å². The van der Waals surface area contributed by atoms with Crippen molar-refractivity contribution >= 4 is 0 Å². The number of hydrogen-bond donors (Lipinski definition) is 1. The van der Waals surface area contributed by atoms with Gasteiger partial charge in [-0.3, -0.25) is 0 Å². The summed E-state index contributed by atoms with van der Waals surface area (Å²) >= 11 is 0. The van der Waals surface area contributed by atoms with Gasteiger partial charge in [0.15, 0.2) is 0 Å². The van der Waals surface area contributed by atoms with Crippen LogP contribution in [0.2, 0.25) is 0 Å². The Balaban J connectivity index is 2.31. The predicted molar refractivity (Wildman–Crippen MR) is 61.0 cm³/mol. The van der Waals surface area contributed by atoms with Gasteiger partial charge in [0.2, 0.25) is 5.92 Å². The van der Waals surface area contributed by atoms with Crippen molar-refractivity contribution < 1.29 is 22.0 Å². The quantitative estimate of drug-likeness (QED) is 0.820. The molecule has 1 nitrogen and oxygen atoms in total. The normalized spacial score (nSPS) is 26.6. The zero-order valence-corrected chi connectivity index (χ0v) is 10.1. The molecule has 0 aliphatic heterocycles. The van der Waals surface area contributed by atoms with Crippen molar-refractivity contribution in [1.82, 2.24) is 0 Å². The van der Waals surface area contributed by atoms with Crippen molar-refractivity contribution in [3.05, 3.63) is 35.4 Å². The van der Waals surface area contributed by atoms with E-state index in [0.29, 0.717) is 5.56 Å². The first-order chi connectivity index (χ1) is 8.69. The van der Waals surface area contributed by atoms with Gasteiger partial charge < -0.3 is 5.73 Å². The summed E-state index contributed by atoms with van der Waals surface area (Å²) in [5.41, 5.74) is 4.36. The summed E-state index contributed by atoms with van der Waals surface area (Å²) in [6, 6.07) is 4.36. The zero-order valence-electron chi connectivity index (χ0n) is 10.1. The van der Waals surface area contributed by atoms with E-state index in [9.17, 15) is 22.0 Å². The number of rotatable bonds is 2. The van der Waals surface area contributed by atoms with Gasteiger partial charge in [0.25, 0.3) is 0 Å². The molecule has 1 aliphatic rings. The minimum Gasteiger partial charge on any atom is -0.330 e. The minimum atomic E-state index is -4.42. The molecule has 2 N–H and O–H groups in total. The van der Waals surface area contributed by atoms with Crippen LogP contribution in [-0.4, -0.2) is 12.5 Å². The fourth-order valence-corrected chi connectivity index (χ4v) is 2.65. The van der Waals surface area contributed by atoms with Crippen LogP contribution in [0.1, 0.15) is 30.4 Å². The number of halogens is 5. The van der Waals surface area contributed by atoms with Crippen LogP contribution >= 0.6 is 0 Å². The highest BCUT2D eigenvalue weighted by atomic mass is 19.4. The van der Waals surface area contributed by atoms with Crippen LogP contribution in [0.4, 0.5) is 22.0 Å². The second-order valence-corrected chi connectivity index (χ2v) is 5.09. The summed E-state index contributed by atoms with van der Waals surface area (Å²) < 4.78 is 64.0. The predicted octanol–water partition coefficient (Wildman–Crippen LogP) is 3.72. The van der Waals surface area contributed by atoms with E-state index in [0.717, 1.165) is 12.1 Å². The van der Waals surface area contributed by atoms with Crippen LogP contribution in [0.15, 0.2) is 24.3 Å². The highest BCUT2D eigenvalue weighted by Crippen LogP contribution is 2.48. The van der Waals surface area contributed by atoms with Crippen molar-refractivity contribution in [2.24, 2.45) is 5.73 Å². The third-order valence-corrected chi connectivity index (χ3v) is 3.78. The lowest BCUT2D eigenvalue weighted by Crippen LogP contribution is -2.34. The smallest absolute Gasteiger partial charge is 0.330 e. The maximum absolute atomic E-state index is 13.3. The first-order valence-electron chi connectivity index (χ1n) is 5.94. The van der Waals surface area contributed by atoms with E-state index in [1.807, 2.05) is 0 Å². The van der Waals surface area contributed by atoms with Gasteiger partial charge in [0, 0.05) is 24.8 Å². The van der Waals surface area contributed by atoms with E-state index in [-0.39, 0.29) is 19.4 Å². The number of nitrogens with two attached hydrogens (primary N) is 1. The Morgan fingerprint density at radius 3 is 2.00 bits per heavy atom. The molecular formula is C13H14F5N. The fourth-order valence-electron chi connectivity index (χ4n) is 2.65. The highest BCUT2D eigenvalue weighted by molar-refractivity contribution is 5.32. The molecule has 0 amide bonds. The molecule has 0 saturated heterocycles. The summed E-state index contributed by atoms with van der Waals surface area (Å²) in [5.74, 6) is -2.79. The topological polar surface area (TPSA) is 26.0 Å². The molecule has 1 saturated carbocycles. The van der Waals surface area contributed by atoms with E-state index in [1.165, 1.54) is 12.1 Å². The summed E-state index contributed by atoms with van der Waals surface area (Å²) in [4.78, 5) is 0. The van der Waals surface area contributed by atoms with E-state index < -0.39 is 29.5 Å². The molecule has 1 aromatic carbocycles. The summed E-state index contributed by atoms with van der Waals surface area (Å²) in [6.07, 6.45) is -4.90. The molecule has 19 heavy (non-hydrogen) atoms. The Hall–Kier alpha value is -1.17. The second-order valence-electron chi connectivity index (χ2n) is 5.09. The van der Waals surface area contributed by atoms with E-state index in [1.54, 1.807) is 0 Å². The Kier molecular flexibility index (Phi) is 3.33. The lowest BCUT2D eigenvalue weighted by atomic mass is 9.78. The molecule has 6 heteroatoms. The average Bonchev–Trinajstić information content (AvgIpc) is 2.65. The molecule has 1 fully saturated rings. The first kappa shape index (κ1) is 14.2.